The Labute approximate surface area is 147 Å². The Balaban J connectivity index is 2.25. The molecule has 0 aliphatic carbocycles. The van der Waals surface area contributed by atoms with Crippen LogP contribution in [0.25, 0.3) is 0 Å². The highest BCUT2D eigenvalue weighted by Gasteiger charge is 2.12. The minimum atomic E-state index is 0.374. The predicted molar refractivity (Wildman–Crippen MR) is 95.8 cm³/mol. The van der Waals surface area contributed by atoms with Gasteiger partial charge in [-0.05, 0) is 6.42 Å². The maximum absolute atomic E-state index is 6.12. The van der Waals surface area contributed by atoms with Crippen molar-refractivity contribution in [2.24, 2.45) is 0 Å². The molecule has 2 aromatic rings. The summed E-state index contributed by atoms with van der Waals surface area (Å²) in [5.41, 5.74) is 0.647. The zero-order valence-electron chi connectivity index (χ0n) is 14.3. The maximum Gasteiger partial charge on any atom is 0.249 e. The summed E-state index contributed by atoms with van der Waals surface area (Å²) in [6, 6.07) is 3.41. The monoisotopic (exact) mass is 351 g/mol. The molecule has 2 rings (SSSR count). The molecular weight excluding hydrogens is 330 g/mol. The molecule has 0 fully saturated rings. The van der Waals surface area contributed by atoms with Gasteiger partial charge in [-0.15, -0.1) is 5.10 Å². The molecule has 1 heterocycles. The third-order valence-electron chi connectivity index (χ3n) is 3.50. The van der Waals surface area contributed by atoms with Gasteiger partial charge in [0, 0.05) is 25.7 Å². The molecular formula is C16H22ClN5O2. The quantitative estimate of drug-likeness (QED) is 0.779. The first-order valence-electron chi connectivity index (χ1n) is 7.68. The van der Waals surface area contributed by atoms with Crippen molar-refractivity contribution in [2.45, 2.75) is 19.8 Å². The zero-order chi connectivity index (χ0) is 17.5. The first-order valence-corrected chi connectivity index (χ1v) is 8.06. The van der Waals surface area contributed by atoms with E-state index in [2.05, 4.69) is 27.4 Å². The van der Waals surface area contributed by atoms with Gasteiger partial charge in [0.25, 0.3) is 0 Å². The van der Waals surface area contributed by atoms with E-state index in [0.717, 1.165) is 25.2 Å². The Bertz CT molecular complexity index is 684. The molecule has 0 radical (unpaired) electrons. The summed E-state index contributed by atoms with van der Waals surface area (Å²) in [6.07, 6.45) is 3.85. The Morgan fingerprint density at radius 2 is 1.96 bits per heavy atom. The summed E-state index contributed by atoms with van der Waals surface area (Å²) >= 11 is 6.12. The lowest BCUT2D eigenvalue weighted by molar-refractivity contribution is 0.405. The number of nitrogens with one attached hydrogen (secondary N) is 1. The van der Waals surface area contributed by atoms with Crippen molar-refractivity contribution in [3.63, 3.8) is 0 Å². The summed E-state index contributed by atoms with van der Waals surface area (Å²) in [5, 5.41) is 11.6. The lowest BCUT2D eigenvalue weighted by Gasteiger charge is -2.18. The van der Waals surface area contributed by atoms with Gasteiger partial charge in [0.05, 0.1) is 31.1 Å². The van der Waals surface area contributed by atoms with E-state index in [1.54, 1.807) is 32.5 Å². The number of methoxy groups -OCH3 is 2. The average Bonchev–Trinajstić information content (AvgIpc) is 2.60. The molecule has 0 aliphatic rings. The van der Waals surface area contributed by atoms with Crippen molar-refractivity contribution >= 4 is 29.1 Å². The standard InChI is InChI=1S/C16H22ClN5O2/c1-5-6-7-22(2)15-10-18-21-16(20-15)19-12-9-13(23-3)11(17)8-14(12)24-4/h8-10H,5-7H2,1-4H3,(H,19,20,21). The minimum absolute atomic E-state index is 0.374. The van der Waals surface area contributed by atoms with Crippen LogP contribution in [0, 0.1) is 0 Å². The van der Waals surface area contributed by atoms with Gasteiger partial charge in [-0.1, -0.05) is 24.9 Å². The number of aromatic nitrogens is 3. The van der Waals surface area contributed by atoms with Crippen LogP contribution in [0.1, 0.15) is 19.8 Å². The first kappa shape index (κ1) is 18.1. The minimum Gasteiger partial charge on any atom is -0.495 e. The molecule has 8 heteroatoms. The third-order valence-corrected chi connectivity index (χ3v) is 3.80. The van der Waals surface area contributed by atoms with Gasteiger partial charge in [-0.2, -0.15) is 10.1 Å². The summed E-state index contributed by atoms with van der Waals surface area (Å²) in [4.78, 5) is 6.53. The van der Waals surface area contributed by atoms with Crippen molar-refractivity contribution in [3.05, 3.63) is 23.4 Å². The summed E-state index contributed by atoms with van der Waals surface area (Å²) in [5.74, 6) is 2.22. The van der Waals surface area contributed by atoms with E-state index in [9.17, 15) is 0 Å². The molecule has 0 atom stereocenters. The summed E-state index contributed by atoms with van der Waals surface area (Å²) in [7, 11) is 5.10. The van der Waals surface area contributed by atoms with Crippen molar-refractivity contribution in [1.82, 2.24) is 15.2 Å². The van der Waals surface area contributed by atoms with Gasteiger partial charge in [0.1, 0.15) is 11.5 Å². The van der Waals surface area contributed by atoms with Crippen LogP contribution >= 0.6 is 11.6 Å². The number of hydrogen-bond acceptors (Lipinski definition) is 7. The van der Waals surface area contributed by atoms with Crippen LogP contribution in [-0.4, -0.2) is 43.0 Å². The van der Waals surface area contributed by atoms with Crippen molar-refractivity contribution < 1.29 is 9.47 Å². The molecule has 1 N–H and O–H groups in total. The van der Waals surface area contributed by atoms with Gasteiger partial charge in [0.15, 0.2) is 5.82 Å². The van der Waals surface area contributed by atoms with Gasteiger partial charge in [-0.3, -0.25) is 0 Å². The number of hydrogen-bond donors (Lipinski definition) is 1. The number of nitrogens with zero attached hydrogens (tertiary/aromatic N) is 4. The maximum atomic E-state index is 6.12. The molecule has 0 saturated carbocycles. The molecule has 1 aromatic carbocycles. The number of rotatable bonds is 8. The second kappa shape index (κ2) is 8.54. The fourth-order valence-corrected chi connectivity index (χ4v) is 2.35. The van der Waals surface area contributed by atoms with Gasteiger partial charge in [0.2, 0.25) is 5.95 Å². The predicted octanol–water partition coefficient (Wildman–Crippen LogP) is 3.52. The molecule has 0 unspecified atom stereocenters. The summed E-state index contributed by atoms with van der Waals surface area (Å²) in [6.45, 7) is 3.06. The normalized spacial score (nSPS) is 10.4. The Morgan fingerprint density at radius 1 is 1.21 bits per heavy atom. The van der Waals surface area contributed by atoms with E-state index >= 15 is 0 Å². The summed E-state index contributed by atoms with van der Waals surface area (Å²) < 4.78 is 10.6. The Morgan fingerprint density at radius 3 is 2.62 bits per heavy atom. The molecule has 130 valence electrons. The molecule has 0 spiro atoms. The van der Waals surface area contributed by atoms with Crippen LogP contribution in [0.15, 0.2) is 18.3 Å². The molecule has 7 nitrogen and oxygen atoms in total. The van der Waals surface area contributed by atoms with E-state index < -0.39 is 0 Å². The van der Waals surface area contributed by atoms with E-state index in [1.807, 2.05) is 11.9 Å². The van der Waals surface area contributed by atoms with Crippen LogP contribution in [0.2, 0.25) is 5.02 Å². The van der Waals surface area contributed by atoms with Crippen LogP contribution in [0.3, 0.4) is 0 Å². The molecule has 0 aliphatic heterocycles. The Kier molecular flexibility index (Phi) is 6.43. The zero-order valence-corrected chi connectivity index (χ0v) is 15.1. The Hall–Kier alpha value is -2.28. The lowest BCUT2D eigenvalue weighted by atomic mass is 10.2. The SMILES string of the molecule is CCCCN(C)c1cnnc(Nc2cc(OC)c(Cl)cc2OC)n1. The highest BCUT2D eigenvalue weighted by Crippen LogP contribution is 2.36. The topological polar surface area (TPSA) is 72.4 Å². The first-order chi connectivity index (χ1) is 11.6. The highest BCUT2D eigenvalue weighted by atomic mass is 35.5. The number of halogens is 1. The van der Waals surface area contributed by atoms with E-state index in [4.69, 9.17) is 21.1 Å². The van der Waals surface area contributed by atoms with Crippen LogP contribution in [0.4, 0.5) is 17.5 Å². The number of ether oxygens (including phenoxy) is 2. The van der Waals surface area contributed by atoms with Gasteiger partial charge in [-0.25, -0.2) is 0 Å². The van der Waals surface area contributed by atoms with Crippen molar-refractivity contribution in [2.75, 3.05) is 38.0 Å². The number of anilines is 3. The fraction of sp³-hybridized carbons (Fsp3) is 0.438. The van der Waals surface area contributed by atoms with Crippen LogP contribution < -0.4 is 19.7 Å². The van der Waals surface area contributed by atoms with E-state index in [0.29, 0.717) is 28.2 Å². The average molecular weight is 352 g/mol. The van der Waals surface area contributed by atoms with Crippen molar-refractivity contribution in [1.29, 1.82) is 0 Å². The molecule has 0 amide bonds. The van der Waals surface area contributed by atoms with Gasteiger partial charge < -0.3 is 19.7 Å². The van der Waals surface area contributed by atoms with E-state index in [1.165, 1.54) is 0 Å². The smallest absolute Gasteiger partial charge is 0.249 e. The molecule has 1 aromatic heterocycles. The second-order valence-electron chi connectivity index (χ2n) is 5.23. The van der Waals surface area contributed by atoms with Crippen LogP contribution in [-0.2, 0) is 0 Å². The number of unbranched alkanes of at least 4 members (excludes halogenated alkanes) is 1. The molecule has 0 bridgehead atoms. The molecule has 24 heavy (non-hydrogen) atoms. The highest BCUT2D eigenvalue weighted by molar-refractivity contribution is 6.32. The number of benzene rings is 1. The second-order valence-corrected chi connectivity index (χ2v) is 5.63. The third kappa shape index (κ3) is 4.38. The largest absolute Gasteiger partial charge is 0.495 e. The fourth-order valence-electron chi connectivity index (χ4n) is 2.12. The van der Waals surface area contributed by atoms with E-state index in [-0.39, 0.29) is 0 Å². The lowest BCUT2D eigenvalue weighted by Crippen LogP contribution is -2.20. The van der Waals surface area contributed by atoms with Crippen molar-refractivity contribution in [3.8, 4) is 11.5 Å². The van der Waals surface area contributed by atoms with Gasteiger partial charge >= 0.3 is 0 Å². The van der Waals surface area contributed by atoms with Crippen LogP contribution in [0.5, 0.6) is 11.5 Å². The molecule has 0 saturated heterocycles.